The highest BCUT2D eigenvalue weighted by Gasteiger charge is 2.38. The first-order valence-corrected chi connectivity index (χ1v) is 14.4. The normalized spacial score (nSPS) is 15.6. The highest BCUT2D eigenvalue weighted by Crippen LogP contribution is 2.33. The third kappa shape index (κ3) is 8.55. The molecule has 1 aliphatic rings. The van der Waals surface area contributed by atoms with E-state index in [1.54, 1.807) is 0 Å². The lowest BCUT2D eigenvalue weighted by atomic mass is 9.92. The molecule has 2 atom stereocenters. The van der Waals surface area contributed by atoms with Gasteiger partial charge in [0.1, 0.15) is 30.3 Å². The van der Waals surface area contributed by atoms with Gasteiger partial charge in [-0.15, -0.1) is 0 Å². The van der Waals surface area contributed by atoms with Crippen molar-refractivity contribution in [2.75, 3.05) is 19.6 Å². The Balaban J connectivity index is 1.81. The molecule has 0 bridgehead atoms. The van der Waals surface area contributed by atoms with Gasteiger partial charge in [0.25, 0.3) is 0 Å². The predicted molar refractivity (Wildman–Crippen MR) is 156 cm³/mol. The lowest BCUT2D eigenvalue weighted by Crippen LogP contribution is -2.49. The van der Waals surface area contributed by atoms with Crippen molar-refractivity contribution in [3.63, 3.8) is 0 Å². The Bertz CT molecular complexity index is 1130. The largest absolute Gasteiger partial charge is 0.489 e. The first-order valence-electron chi connectivity index (χ1n) is 14.4. The number of nitrogens with zero attached hydrogens (tertiary/aromatic N) is 2. The van der Waals surface area contributed by atoms with Gasteiger partial charge in [-0.05, 0) is 76.3 Å². The summed E-state index contributed by atoms with van der Waals surface area (Å²) in [6, 6.07) is 15.5. The average Bonchev–Trinajstić information content (AvgIpc) is 2.92. The lowest BCUT2D eigenvalue weighted by Gasteiger charge is -2.37. The third-order valence-corrected chi connectivity index (χ3v) is 7.31. The monoisotopic (exact) mass is 551 g/mol. The molecule has 218 valence electrons. The summed E-state index contributed by atoms with van der Waals surface area (Å²) >= 11 is 0. The van der Waals surface area contributed by atoms with E-state index in [9.17, 15) is 14.4 Å². The number of ketones is 1. The number of hydrogen-bond acceptors (Lipinski definition) is 6. The van der Waals surface area contributed by atoms with Gasteiger partial charge in [0, 0.05) is 38.1 Å². The van der Waals surface area contributed by atoms with Crippen molar-refractivity contribution in [2.45, 2.75) is 91.6 Å². The van der Waals surface area contributed by atoms with Crippen molar-refractivity contribution in [3.8, 4) is 5.75 Å². The second-order valence-corrected chi connectivity index (χ2v) is 11.0. The molecule has 40 heavy (non-hydrogen) atoms. The number of fused-ring (bicyclic) bond motifs is 1. The molecule has 1 N–H and O–H groups in total. The zero-order chi connectivity index (χ0) is 29.2. The topological polar surface area (TPSA) is 88.2 Å². The van der Waals surface area contributed by atoms with Gasteiger partial charge in [-0.3, -0.25) is 19.4 Å². The number of nitrogens with one attached hydrogen (secondary N) is 1. The molecular weight excluding hydrogens is 506 g/mol. The van der Waals surface area contributed by atoms with Crippen LogP contribution in [0.25, 0.3) is 0 Å². The Morgan fingerprint density at radius 2 is 1.75 bits per heavy atom. The molecule has 8 nitrogen and oxygen atoms in total. The maximum Gasteiger partial charge on any atom is 0.411 e. The SMILES string of the molecule is CCC(CC(C)=O)OC(=O)N1CCc2cc(OCc3ccccc3)ccc2C1C(=O)NCCN(C(C)C)C(C)C. The third-order valence-electron chi connectivity index (χ3n) is 7.31. The molecule has 0 aliphatic carbocycles. The summed E-state index contributed by atoms with van der Waals surface area (Å²) in [5.74, 6) is 0.429. The Morgan fingerprint density at radius 1 is 1.05 bits per heavy atom. The van der Waals surface area contributed by atoms with Crippen LogP contribution in [-0.2, 0) is 27.4 Å². The molecular formula is C32H45N3O5. The van der Waals surface area contributed by atoms with Crippen LogP contribution in [0.5, 0.6) is 5.75 Å². The number of ether oxygens (including phenoxy) is 2. The zero-order valence-corrected chi connectivity index (χ0v) is 24.8. The highest BCUT2D eigenvalue weighted by molar-refractivity contribution is 5.88. The van der Waals surface area contributed by atoms with Gasteiger partial charge in [0.2, 0.25) is 5.91 Å². The van der Waals surface area contributed by atoms with Crippen LogP contribution in [0.1, 0.15) is 77.1 Å². The molecule has 0 aromatic heterocycles. The minimum atomic E-state index is -0.833. The number of Topliss-reactive ketones (excluding diaryl/α,β-unsaturated/α-hetero) is 1. The average molecular weight is 552 g/mol. The second-order valence-electron chi connectivity index (χ2n) is 11.0. The smallest absolute Gasteiger partial charge is 0.411 e. The van der Waals surface area contributed by atoms with Crippen molar-refractivity contribution in [3.05, 3.63) is 65.2 Å². The number of rotatable bonds is 13. The fourth-order valence-corrected chi connectivity index (χ4v) is 5.23. The van der Waals surface area contributed by atoms with Gasteiger partial charge in [0.05, 0.1) is 0 Å². The number of carbonyl (C=O) groups excluding carboxylic acids is 3. The van der Waals surface area contributed by atoms with E-state index >= 15 is 0 Å². The van der Waals surface area contributed by atoms with Crippen LogP contribution in [0.3, 0.4) is 0 Å². The number of carbonyl (C=O) groups is 3. The number of hydrogen-bond donors (Lipinski definition) is 1. The summed E-state index contributed by atoms with van der Waals surface area (Å²) in [7, 11) is 0. The Hall–Kier alpha value is -3.39. The maximum atomic E-state index is 13.7. The predicted octanol–water partition coefficient (Wildman–Crippen LogP) is 5.29. The summed E-state index contributed by atoms with van der Waals surface area (Å²) in [6.07, 6.45) is 0.152. The molecule has 0 saturated heterocycles. The number of amides is 2. The van der Waals surface area contributed by atoms with Crippen molar-refractivity contribution in [2.24, 2.45) is 0 Å². The van der Waals surface area contributed by atoms with Gasteiger partial charge in [-0.2, -0.15) is 0 Å². The number of benzene rings is 2. The summed E-state index contributed by atoms with van der Waals surface area (Å²) < 4.78 is 11.7. The molecule has 8 heteroatoms. The van der Waals surface area contributed by atoms with Crippen LogP contribution in [0, 0.1) is 0 Å². The molecule has 3 rings (SSSR count). The first kappa shape index (κ1) is 31.1. The summed E-state index contributed by atoms with van der Waals surface area (Å²) in [5.41, 5.74) is 2.80. The van der Waals surface area contributed by atoms with E-state index in [1.165, 1.54) is 11.8 Å². The van der Waals surface area contributed by atoms with E-state index in [0.29, 0.717) is 51.2 Å². The van der Waals surface area contributed by atoms with Crippen LogP contribution in [0.15, 0.2) is 48.5 Å². The summed E-state index contributed by atoms with van der Waals surface area (Å²) in [6.45, 7) is 13.9. The molecule has 2 aromatic carbocycles. The van der Waals surface area contributed by atoms with E-state index in [0.717, 1.165) is 22.4 Å². The van der Waals surface area contributed by atoms with E-state index in [-0.39, 0.29) is 18.1 Å². The molecule has 0 spiro atoms. The van der Waals surface area contributed by atoms with Crippen molar-refractivity contribution < 1.29 is 23.9 Å². The zero-order valence-electron chi connectivity index (χ0n) is 24.8. The first-order chi connectivity index (χ1) is 19.1. The molecule has 0 saturated carbocycles. The van der Waals surface area contributed by atoms with Crippen LogP contribution in [-0.4, -0.2) is 65.4 Å². The highest BCUT2D eigenvalue weighted by atomic mass is 16.6. The Morgan fingerprint density at radius 3 is 2.38 bits per heavy atom. The van der Waals surface area contributed by atoms with Crippen LogP contribution >= 0.6 is 0 Å². The van der Waals surface area contributed by atoms with Gasteiger partial charge < -0.3 is 14.8 Å². The van der Waals surface area contributed by atoms with Crippen LogP contribution < -0.4 is 10.1 Å². The lowest BCUT2D eigenvalue weighted by molar-refractivity contribution is -0.127. The fraction of sp³-hybridized carbons (Fsp3) is 0.531. The van der Waals surface area contributed by atoms with Crippen LogP contribution in [0.2, 0.25) is 0 Å². The van der Waals surface area contributed by atoms with Gasteiger partial charge >= 0.3 is 6.09 Å². The molecule has 1 heterocycles. The Labute approximate surface area is 239 Å². The molecule has 1 aliphatic heterocycles. The molecule has 2 aromatic rings. The minimum Gasteiger partial charge on any atom is -0.489 e. The standard InChI is InChI=1S/C32H45N3O5/c1-7-27(19-24(6)36)40-32(38)35-17-15-26-20-28(39-21-25-11-9-8-10-12-25)13-14-29(26)30(35)31(37)33-16-18-34(22(2)3)23(4)5/h8-14,20,22-23,27,30H,7,15-19,21H2,1-6H3,(H,33,37). The van der Waals surface area contributed by atoms with Crippen molar-refractivity contribution >= 4 is 17.8 Å². The van der Waals surface area contributed by atoms with E-state index in [4.69, 9.17) is 9.47 Å². The van der Waals surface area contributed by atoms with Gasteiger partial charge in [-0.1, -0.05) is 43.3 Å². The molecule has 0 radical (unpaired) electrons. The van der Waals surface area contributed by atoms with E-state index in [1.807, 2.05) is 55.5 Å². The molecule has 0 fully saturated rings. The van der Waals surface area contributed by atoms with Gasteiger partial charge in [0.15, 0.2) is 0 Å². The minimum absolute atomic E-state index is 0.0409. The quantitative estimate of drug-likeness (QED) is 0.364. The van der Waals surface area contributed by atoms with E-state index < -0.39 is 18.2 Å². The summed E-state index contributed by atoms with van der Waals surface area (Å²) in [5, 5.41) is 3.06. The van der Waals surface area contributed by atoms with E-state index in [2.05, 4.69) is 37.9 Å². The summed E-state index contributed by atoms with van der Waals surface area (Å²) in [4.78, 5) is 42.5. The maximum absolute atomic E-state index is 13.7. The van der Waals surface area contributed by atoms with Crippen molar-refractivity contribution in [1.82, 2.24) is 15.1 Å². The van der Waals surface area contributed by atoms with Crippen molar-refractivity contribution in [1.29, 1.82) is 0 Å². The fourth-order valence-electron chi connectivity index (χ4n) is 5.23. The molecule has 2 amide bonds. The second kappa shape index (κ2) is 14.8. The Kier molecular flexibility index (Phi) is 11.6. The van der Waals surface area contributed by atoms with Gasteiger partial charge in [-0.25, -0.2) is 4.79 Å². The van der Waals surface area contributed by atoms with Crippen LogP contribution in [0.4, 0.5) is 4.79 Å². The molecule has 2 unspecified atom stereocenters.